The quantitative estimate of drug-likeness (QED) is 0.391. The normalized spacial score (nSPS) is 12.2. The predicted molar refractivity (Wildman–Crippen MR) is 91.7 cm³/mol. The lowest BCUT2D eigenvalue weighted by atomic mass is 9.88. The monoisotopic (exact) mass is 381 g/mol. The van der Waals surface area contributed by atoms with E-state index in [0.717, 1.165) is 12.1 Å². The lowest BCUT2D eigenvalue weighted by Gasteiger charge is -2.23. The lowest BCUT2D eigenvalue weighted by Crippen LogP contribution is -2.19. The molecule has 0 bridgehead atoms. The van der Waals surface area contributed by atoms with E-state index in [4.69, 9.17) is 5.73 Å². The first-order valence-electron chi connectivity index (χ1n) is 7.82. The minimum atomic E-state index is -5.20. The van der Waals surface area contributed by atoms with Gasteiger partial charge in [-0.1, -0.05) is 54.6 Å². The van der Waals surface area contributed by atoms with Gasteiger partial charge in [0.25, 0.3) is 0 Å². The third-order valence-corrected chi connectivity index (χ3v) is 4.08. The van der Waals surface area contributed by atoms with Gasteiger partial charge in [0.2, 0.25) is 0 Å². The highest BCUT2D eigenvalue weighted by molar-refractivity contribution is 5.79. The molecule has 3 aromatic rings. The van der Waals surface area contributed by atoms with Crippen molar-refractivity contribution < 1.29 is 26.3 Å². The van der Waals surface area contributed by atoms with Gasteiger partial charge in [-0.25, -0.2) is 0 Å². The molecule has 0 radical (unpaired) electrons. The number of rotatable bonds is 2. The van der Waals surface area contributed by atoms with Crippen molar-refractivity contribution in [2.75, 3.05) is 5.73 Å². The van der Waals surface area contributed by atoms with E-state index in [0.29, 0.717) is 5.69 Å². The molecule has 0 aliphatic heterocycles. The van der Waals surface area contributed by atoms with E-state index in [1.54, 1.807) is 6.07 Å². The topological polar surface area (TPSA) is 26.0 Å². The summed E-state index contributed by atoms with van der Waals surface area (Å²) in [6.45, 7) is 0. The van der Waals surface area contributed by atoms with Crippen molar-refractivity contribution in [1.82, 2.24) is 0 Å². The Morgan fingerprint density at radius 3 is 1.33 bits per heavy atom. The number of alkyl halides is 6. The van der Waals surface area contributed by atoms with E-state index < -0.39 is 34.6 Å². The van der Waals surface area contributed by atoms with Gasteiger partial charge in [0.1, 0.15) is 0 Å². The second kappa shape index (κ2) is 6.64. The Hall–Kier alpha value is -2.96. The van der Waals surface area contributed by atoms with Crippen LogP contribution in [0.1, 0.15) is 11.1 Å². The maximum atomic E-state index is 13.8. The number of nitrogens with two attached hydrogens (primary N) is 1. The number of nitrogen functional groups attached to an aromatic ring is 1. The Balaban J connectivity index is 2.40. The molecule has 0 unspecified atom stereocenters. The van der Waals surface area contributed by atoms with E-state index in [2.05, 4.69) is 0 Å². The molecule has 0 aromatic heterocycles. The van der Waals surface area contributed by atoms with Gasteiger partial charge < -0.3 is 5.73 Å². The smallest absolute Gasteiger partial charge is 0.399 e. The maximum Gasteiger partial charge on any atom is 0.417 e. The van der Waals surface area contributed by atoms with Gasteiger partial charge in [0, 0.05) is 5.69 Å². The second-order valence-electron chi connectivity index (χ2n) is 5.89. The molecule has 0 spiro atoms. The molecule has 0 saturated carbocycles. The number of anilines is 1. The molecule has 2 N–H and O–H groups in total. The van der Waals surface area contributed by atoms with Gasteiger partial charge in [-0.15, -0.1) is 0 Å². The van der Waals surface area contributed by atoms with Crippen molar-refractivity contribution in [2.24, 2.45) is 0 Å². The molecular weight excluding hydrogens is 368 g/mol. The van der Waals surface area contributed by atoms with E-state index in [1.807, 2.05) is 0 Å². The summed E-state index contributed by atoms with van der Waals surface area (Å²) in [5.41, 5.74) is 1.41. The van der Waals surface area contributed by atoms with E-state index in [-0.39, 0.29) is 11.1 Å². The number of hydrogen-bond donors (Lipinski definition) is 1. The van der Waals surface area contributed by atoms with Crippen molar-refractivity contribution >= 4 is 5.69 Å². The summed E-state index contributed by atoms with van der Waals surface area (Å²) in [7, 11) is 0. The Labute approximate surface area is 151 Å². The summed E-state index contributed by atoms with van der Waals surface area (Å²) in [6, 6.07) is 14.5. The van der Waals surface area contributed by atoms with Crippen LogP contribution in [0.15, 0.2) is 66.7 Å². The molecule has 0 aliphatic rings. The molecule has 7 heteroatoms. The summed E-state index contributed by atoms with van der Waals surface area (Å²) in [6.07, 6.45) is -10.4. The average Bonchev–Trinajstić information content (AvgIpc) is 2.60. The minimum Gasteiger partial charge on any atom is -0.399 e. The van der Waals surface area contributed by atoms with Crippen LogP contribution in [0.3, 0.4) is 0 Å². The van der Waals surface area contributed by atoms with Crippen LogP contribution in [0, 0.1) is 0 Å². The van der Waals surface area contributed by atoms with Gasteiger partial charge in [0.05, 0.1) is 11.1 Å². The number of hydrogen-bond acceptors (Lipinski definition) is 1. The van der Waals surface area contributed by atoms with Crippen LogP contribution in [0.5, 0.6) is 0 Å². The van der Waals surface area contributed by atoms with Crippen LogP contribution in [-0.4, -0.2) is 0 Å². The van der Waals surface area contributed by atoms with Gasteiger partial charge >= 0.3 is 12.4 Å². The molecule has 0 saturated heterocycles. The zero-order valence-electron chi connectivity index (χ0n) is 13.7. The van der Waals surface area contributed by atoms with Crippen LogP contribution in [0.25, 0.3) is 22.3 Å². The highest BCUT2D eigenvalue weighted by atomic mass is 19.4. The Kier molecular flexibility index (Phi) is 4.63. The van der Waals surface area contributed by atoms with Crippen LogP contribution < -0.4 is 5.73 Å². The largest absolute Gasteiger partial charge is 0.417 e. The first kappa shape index (κ1) is 18.8. The van der Waals surface area contributed by atoms with Gasteiger partial charge in [-0.2, -0.15) is 26.3 Å². The lowest BCUT2D eigenvalue weighted by molar-refractivity contribution is -0.161. The summed E-state index contributed by atoms with van der Waals surface area (Å²) < 4.78 is 82.6. The average molecular weight is 381 g/mol. The molecule has 0 fully saturated rings. The van der Waals surface area contributed by atoms with Crippen molar-refractivity contribution in [3.05, 3.63) is 77.9 Å². The third-order valence-electron chi connectivity index (χ3n) is 4.08. The highest BCUT2D eigenvalue weighted by Gasteiger charge is 2.46. The highest BCUT2D eigenvalue weighted by Crippen LogP contribution is 2.49. The van der Waals surface area contributed by atoms with Crippen LogP contribution in [0.4, 0.5) is 32.0 Å². The molecule has 0 heterocycles. The van der Waals surface area contributed by atoms with Crippen LogP contribution in [-0.2, 0) is 12.4 Å². The van der Waals surface area contributed by atoms with Crippen molar-refractivity contribution in [2.45, 2.75) is 12.4 Å². The fraction of sp³-hybridized carbons (Fsp3) is 0.100. The van der Waals surface area contributed by atoms with E-state index in [1.165, 1.54) is 48.5 Å². The Morgan fingerprint density at radius 1 is 0.519 bits per heavy atom. The summed E-state index contributed by atoms with van der Waals surface area (Å²) in [5.74, 6) is 0. The summed E-state index contributed by atoms with van der Waals surface area (Å²) in [4.78, 5) is 0. The number of halogens is 6. The molecule has 1 nitrogen and oxygen atoms in total. The van der Waals surface area contributed by atoms with Crippen molar-refractivity contribution in [3.63, 3.8) is 0 Å². The SMILES string of the molecule is Nc1ccc(-c2ccc(-c3ccccc3)c(C(F)(F)F)c2C(F)(F)F)cc1. The molecule has 27 heavy (non-hydrogen) atoms. The van der Waals surface area contributed by atoms with Gasteiger partial charge in [-0.05, 0) is 34.4 Å². The summed E-state index contributed by atoms with van der Waals surface area (Å²) in [5, 5.41) is 0. The minimum absolute atomic E-state index is 0.00152. The molecule has 140 valence electrons. The van der Waals surface area contributed by atoms with Gasteiger partial charge in [-0.3, -0.25) is 0 Å². The first-order valence-corrected chi connectivity index (χ1v) is 7.82. The molecule has 0 aliphatic carbocycles. The zero-order chi connectivity index (χ0) is 19.8. The Bertz CT molecular complexity index is 941. The third kappa shape index (κ3) is 3.77. The molecule has 0 amide bonds. The molecule has 0 atom stereocenters. The van der Waals surface area contributed by atoms with Gasteiger partial charge in [0.15, 0.2) is 0 Å². The second-order valence-corrected chi connectivity index (χ2v) is 5.89. The molecular formula is C20H13F6N. The van der Waals surface area contributed by atoms with Crippen LogP contribution >= 0.6 is 0 Å². The predicted octanol–water partition coefficient (Wildman–Crippen LogP) is 6.64. The van der Waals surface area contributed by atoms with E-state index >= 15 is 0 Å². The molecule has 3 aromatic carbocycles. The maximum absolute atomic E-state index is 13.8. The summed E-state index contributed by atoms with van der Waals surface area (Å²) >= 11 is 0. The zero-order valence-corrected chi connectivity index (χ0v) is 13.7. The fourth-order valence-corrected chi connectivity index (χ4v) is 2.95. The fourth-order valence-electron chi connectivity index (χ4n) is 2.95. The standard InChI is InChI=1S/C20H13F6N/c21-19(22,23)17-15(12-4-2-1-3-5-12)10-11-16(18(17)20(24,25)26)13-6-8-14(27)9-7-13/h1-11H,27H2. The van der Waals surface area contributed by atoms with Crippen LogP contribution in [0.2, 0.25) is 0 Å². The molecule has 3 rings (SSSR count). The van der Waals surface area contributed by atoms with Crippen molar-refractivity contribution in [1.29, 1.82) is 0 Å². The number of benzene rings is 3. The van der Waals surface area contributed by atoms with Crippen molar-refractivity contribution in [3.8, 4) is 22.3 Å². The van der Waals surface area contributed by atoms with E-state index in [9.17, 15) is 26.3 Å². The Morgan fingerprint density at radius 2 is 0.926 bits per heavy atom. The first-order chi connectivity index (χ1) is 12.6.